The van der Waals surface area contributed by atoms with Crippen molar-refractivity contribution in [1.82, 2.24) is 14.1 Å². The van der Waals surface area contributed by atoms with Gasteiger partial charge in [-0.15, -0.1) is 0 Å². The number of hydrogen-bond acceptors (Lipinski definition) is 3. The molecule has 1 aromatic rings. The Hall–Kier alpha value is -0.880. The van der Waals surface area contributed by atoms with Gasteiger partial charge in [0.2, 0.25) is 10.0 Å². The Morgan fingerprint density at radius 1 is 1.12 bits per heavy atom. The van der Waals surface area contributed by atoms with Crippen molar-refractivity contribution >= 4 is 10.0 Å². The highest BCUT2D eigenvalue weighted by Crippen LogP contribution is 2.44. The van der Waals surface area contributed by atoms with Crippen LogP contribution in [0.2, 0.25) is 0 Å². The first-order valence-corrected chi connectivity index (χ1v) is 11.1. The minimum Gasteiger partial charge on any atom is -0.272 e. The van der Waals surface area contributed by atoms with E-state index in [0.717, 1.165) is 32.1 Å². The van der Waals surface area contributed by atoms with Gasteiger partial charge in [-0.25, -0.2) is 8.42 Å². The van der Waals surface area contributed by atoms with E-state index in [9.17, 15) is 8.42 Å². The molecule has 6 heteroatoms. The van der Waals surface area contributed by atoms with Gasteiger partial charge in [0.25, 0.3) is 0 Å². The van der Waals surface area contributed by atoms with Gasteiger partial charge in [-0.3, -0.25) is 4.68 Å². The summed E-state index contributed by atoms with van der Waals surface area (Å²) in [6, 6.07) is 2.50. The van der Waals surface area contributed by atoms with Gasteiger partial charge in [0.1, 0.15) is 0 Å². The van der Waals surface area contributed by atoms with Crippen LogP contribution in [-0.4, -0.2) is 40.3 Å². The van der Waals surface area contributed by atoms with Gasteiger partial charge in [0.15, 0.2) is 0 Å². The second-order valence-corrected chi connectivity index (χ2v) is 10.0. The van der Waals surface area contributed by atoms with Gasteiger partial charge in [0.05, 0.1) is 5.75 Å². The number of piperidine rings is 1. The standard InChI is InChI=1S/C18H29N3O2S/c1-20-18(8-10-19-20)15-12-16-6-7-17(13-15)21(16)24(22,23)11-9-14-4-2-3-5-14/h8,10,14-17H,2-7,9,11-13H2,1H3. The van der Waals surface area contributed by atoms with Gasteiger partial charge in [-0.05, 0) is 44.1 Å². The highest BCUT2D eigenvalue weighted by molar-refractivity contribution is 7.89. The Bertz CT molecular complexity index is 664. The zero-order valence-corrected chi connectivity index (χ0v) is 15.4. The predicted molar refractivity (Wildman–Crippen MR) is 94.2 cm³/mol. The van der Waals surface area contributed by atoms with E-state index in [2.05, 4.69) is 11.2 Å². The fraction of sp³-hybridized carbons (Fsp3) is 0.833. The number of fused-ring (bicyclic) bond motifs is 2. The molecule has 134 valence electrons. The molecule has 2 bridgehead atoms. The first-order valence-electron chi connectivity index (χ1n) is 9.53. The van der Waals surface area contributed by atoms with Gasteiger partial charge >= 0.3 is 0 Å². The van der Waals surface area contributed by atoms with E-state index < -0.39 is 10.0 Å². The number of rotatable bonds is 5. The van der Waals surface area contributed by atoms with Crippen molar-refractivity contribution in [1.29, 1.82) is 0 Å². The van der Waals surface area contributed by atoms with Crippen LogP contribution in [0.4, 0.5) is 0 Å². The second-order valence-electron chi connectivity index (χ2n) is 8.02. The lowest BCUT2D eigenvalue weighted by Crippen LogP contribution is -2.47. The Balaban J connectivity index is 1.44. The molecule has 2 aliphatic heterocycles. The molecule has 4 rings (SSSR count). The maximum Gasteiger partial charge on any atom is 0.214 e. The van der Waals surface area contributed by atoms with Crippen LogP contribution in [0.15, 0.2) is 12.3 Å². The molecular formula is C18H29N3O2S. The van der Waals surface area contributed by atoms with Crippen LogP contribution < -0.4 is 0 Å². The molecule has 0 aromatic carbocycles. The zero-order valence-electron chi connectivity index (χ0n) is 14.6. The molecule has 1 aromatic heterocycles. The third kappa shape index (κ3) is 3.03. The van der Waals surface area contributed by atoms with E-state index in [1.165, 1.54) is 31.4 Å². The number of sulfonamides is 1. The van der Waals surface area contributed by atoms with Crippen molar-refractivity contribution in [2.45, 2.75) is 75.8 Å². The third-order valence-corrected chi connectivity index (χ3v) is 8.51. The van der Waals surface area contributed by atoms with Crippen molar-refractivity contribution in [3.63, 3.8) is 0 Å². The SMILES string of the molecule is Cn1nccc1C1CC2CCC(C1)N2S(=O)(=O)CCC1CCCC1. The average Bonchev–Trinajstić information content (AvgIpc) is 3.26. The minimum atomic E-state index is -3.10. The molecular weight excluding hydrogens is 322 g/mol. The normalized spacial score (nSPS) is 31.8. The Morgan fingerprint density at radius 2 is 1.79 bits per heavy atom. The molecule has 0 radical (unpaired) electrons. The number of aromatic nitrogens is 2. The van der Waals surface area contributed by atoms with Crippen LogP contribution in [-0.2, 0) is 17.1 Å². The van der Waals surface area contributed by atoms with Crippen LogP contribution >= 0.6 is 0 Å². The highest BCUT2D eigenvalue weighted by Gasteiger charge is 2.47. The molecule has 3 aliphatic rings. The lowest BCUT2D eigenvalue weighted by Gasteiger charge is -2.38. The summed E-state index contributed by atoms with van der Waals surface area (Å²) in [4.78, 5) is 0. The average molecular weight is 352 g/mol. The molecule has 0 amide bonds. The molecule has 2 saturated heterocycles. The number of hydrogen-bond donors (Lipinski definition) is 0. The van der Waals surface area contributed by atoms with Crippen LogP contribution in [0.25, 0.3) is 0 Å². The first kappa shape index (κ1) is 16.6. The fourth-order valence-electron chi connectivity index (χ4n) is 5.33. The summed E-state index contributed by atoms with van der Waals surface area (Å²) in [5.41, 5.74) is 1.26. The third-order valence-electron chi connectivity index (χ3n) is 6.52. The molecule has 2 unspecified atom stereocenters. The van der Waals surface area contributed by atoms with Crippen LogP contribution in [0.1, 0.15) is 69.4 Å². The summed E-state index contributed by atoms with van der Waals surface area (Å²) in [7, 11) is -1.11. The molecule has 2 atom stereocenters. The second kappa shape index (κ2) is 6.45. The van der Waals surface area contributed by atoms with Gasteiger partial charge in [0, 0.05) is 36.9 Å². The lowest BCUT2D eigenvalue weighted by atomic mass is 9.89. The Morgan fingerprint density at radius 3 is 2.38 bits per heavy atom. The van der Waals surface area contributed by atoms with Crippen molar-refractivity contribution < 1.29 is 8.42 Å². The topological polar surface area (TPSA) is 55.2 Å². The maximum atomic E-state index is 13.0. The summed E-state index contributed by atoms with van der Waals surface area (Å²) in [6.07, 6.45) is 11.7. The van der Waals surface area contributed by atoms with Gasteiger partial charge in [-0.1, -0.05) is 25.7 Å². The minimum absolute atomic E-state index is 0.206. The fourth-order valence-corrected chi connectivity index (χ4v) is 7.47. The van der Waals surface area contributed by atoms with E-state index in [0.29, 0.717) is 17.6 Å². The van der Waals surface area contributed by atoms with E-state index in [1.54, 1.807) is 0 Å². The van der Waals surface area contributed by atoms with E-state index in [-0.39, 0.29) is 12.1 Å². The molecule has 3 fully saturated rings. The Labute approximate surface area is 145 Å². The van der Waals surface area contributed by atoms with Crippen LogP contribution in [0, 0.1) is 5.92 Å². The van der Waals surface area contributed by atoms with E-state index in [1.807, 2.05) is 22.2 Å². The molecule has 1 saturated carbocycles. The summed E-state index contributed by atoms with van der Waals surface area (Å²) in [5, 5.41) is 4.29. The monoisotopic (exact) mass is 351 g/mol. The number of aryl methyl sites for hydroxylation is 1. The Kier molecular flexibility index (Phi) is 4.45. The van der Waals surface area contributed by atoms with Crippen molar-refractivity contribution in [3.05, 3.63) is 18.0 Å². The van der Waals surface area contributed by atoms with Gasteiger partial charge < -0.3 is 0 Å². The van der Waals surface area contributed by atoms with Crippen LogP contribution in [0.3, 0.4) is 0 Å². The lowest BCUT2D eigenvalue weighted by molar-refractivity contribution is 0.221. The van der Waals surface area contributed by atoms with Crippen LogP contribution in [0.5, 0.6) is 0 Å². The summed E-state index contributed by atoms with van der Waals surface area (Å²) < 4.78 is 29.8. The molecule has 0 N–H and O–H groups in total. The van der Waals surface area contributed by atoms with E-state index in [4.69, 9.17) is 0 Å². The van der Waals surface area contributed by atoms with Gasteiger partial charge in [-0.2, -0.15) is 9.40 Å². The highest BCUT2D eigenvalue weighted by atomic mass is 32.2. The smallest absolute Gasteiger partial charge is 0.214 e. The molecule has 1 aliphatic carbocycles. The first-order chi connectivity index (χ1) is 11.5. The van der Waals surface area contributed by atoms with Crippen molar-refractivity contribution in [2.24, 2.45) is 13.0 Å². The molecule has 24 heavy (non-hydrogen) atoms. The summed E-state index contributed by atoms with van der Waals surface area (Å²) in [5.74, 6) is 1.46. The quantitative estimate of drug-likeness (QED) is 0.819. The summed E-state index contributed by atoms with van der Waals surface area (Å²) in [6.45, 7) is 0. The predicted octanol–water partition coefficient (Wildman–Crippen LogP) is 3.04. The molecule has 0 spiro atoms. The number of nitrogens with zero attached hydrogens (tertiary/aromatic N) is 3. The van der Waals surface area contributed by atoms with Crippen molar-refractivity contribution in [3.8, 4) is 0 Å². The van der Waals surface area contributed by atoms with E-state index >= 15 is 0 Å². The largest absolute Gasteiger partial charge is 0.272 e. The summed E-state index contributed by atoms with van der Waals surface area (Å²) >= 11 is 0. The molecule has 3 heterocycles. The maximum absolute atomic E-state index is 13.0. The zero-order chi connectivity index (χ0) is 16.7. The van der Waals surface area contributed by atoms with Crippen molar-refractivity contribution in [2.75, 3.05) is 5.75 Å². The molecule has 5 nitrogen and oxygen atoms in total.